The number of anilines is 1. The molecule has 4 nitrogen and oxygen atoms in total. The highest BCUT2D eigenvalue weighted by Crippen LogP contribution is 2.29. The molecule has 1 aromatic heterocycles. The van der Waals surface area contributed by atoms with Gasteiger partial charge in [0.15, 0.2) is 0 Å². The second-order valence-corrected chi connectivity index (χ2v) is 6.25. The highest BCUT2D eigenvalue weighted by molar-refractivity contribution is 5.92. The lowest BCUT2D eigenvalue weighted by Gasteiger charge is -2.14. The molecule has 124 valence electrons. The molecule has 0 saturated carbocycles. The van der Waals surface area contributed by atoms with Crippen LogP contribution < -0.4 is 10.5 Å². The maximum atomic E-state index is 6.20. The van der Waals surface area contributed by atoms with Gasteiger partial charge in [0.05, 0.1) is 11.2 Å². The van der Waals surface area contributed by atoms with Crippen molar-refractivity contribution in [3.05, 3.63) is 54.1 Å². The molecule has 3 aromatic rings. The fourth-order valence-electron chi connectivity index (χ4n) is 2.60. The lowest BCUT2D eigenvalue weighted by Crippen LogP contribution is -2.19. The lowest BCUT2D eigenvalue weighted by molar-refractivity contribution is 0.260. The molecule has 0 aliphatic heterocycles. The lowest BCUT2D eigenvalue weighted by atomic mass is 10.1. The van der Waals surface area contributed by atoms with Crippen LogP contribution in [0.25, 0.3) is 22.2 Å². The Hall–Kier alpha value is -2.59. The van der Waals surface area contributed by atoms with Gasteiger partial charge in [0.1, 0.15) is 12.4 Å². The summed E-state index contributed by atoms with van der Waals surface area (Å²) in [6, 6.07) is 16.0. The van der Waals surface area contributed by atoms with Gasteiger partial charge in [-0.3, -0.25) is 0 Å². The van der Waals surface area contributed by atoms with Crippen LogP contribution in [0.2, 0.25) is 0 Å². The van der Waals surface area contributed by atoms with Crippen LogP contribution in [-0.2, 0) is 0 Å². The van der Waals surface area contributed by atoms with E-state index in [9.17, 15) is 0 Å². The van der Waals surface area contributed by atoms with E-state index < -0.39 is 0 Å². The smallest absolute Gasteiger partial charge is 0.122 e. The average molecular weight is 321 g/mol. The molecule has 0 spiro atoms. The Morgan fingerprint density at radius 1 is 1.08 bits per heavy atom. The monoisotopic (exact) mass is 321 g/mol. The first-order chi connectivity index (χ1) is 11.5. The number of hydrogen-bond donors (Lipinski definition) is 1. The summed E-state index contributed by atoms with van der Waals surface area (Å²) in [5, 5.41) is 0.982. The minimum atomic E-state index is 0.657. The van der Waals surface area contributed by atoms with E-state index in [1.165, 1.54) is 0 Å². The zero-order chi connectivity index (χ0) is 17.1. The third-order valence-electron chi connectivity index (χ3n) is 4.03. The number of nitrogen functional groups attached to an aromatic ring is 1. The molecule has 24 heavy (non-hydrogen) atoms. The minimum Gasteiger partial charge on any atom is -0.492 e. The SMILES string of the molecule is Cc1ccc(-c2cc(N)c3ccccc3n2)cc1OCCN(C)C. The molecular weight excluding hydrogens is 298 g/mol. The number of nitrogens with two attached hydrogens (primary N) is 1. The Kier molecular flexibility index (Phi) is 4.67. The van der Waals surface area contributed by atoms with Crippen LogP contribution in [0.15, 0.2) is 48.5 Å². The number of nitrogens with zero attached hydrogens (tertiary/aromatic N) is 2. The van der Waals surface area contributed by atoms with Crippen molar-refractivity contribution in [2.75, 3.05) is 33.0 Å². The van der Waals surface area contributed by atoms with Crippen LogP contribution in [0.3, 0.4) is 0 Å². The first kappa shape index (κ1) is 16.3. The average Bonchev–Trinajstić information content (AvgIpc) is 2.56. The highest BCUT2D eigenvalue weighted by atomic mass is 16.5. The van der Waals surface area contributed by atoms with E-state index in [1.54, 1.807) is 0 Å². The van der Waals surface area contributed by atoms with Gasteiger partial charge >= 0.3 is 0 Å². The molecule has 0 radical (unpaired) electrons. The third-order valence-corrected chi connectivity index (χ3v) is 4.03. The number of aryl methyl sites for hydroxylation is 1. The van der Waals surface area contributed by atoms with Gasteiger partial charge in [-0.1, -0.05) is 30.3 Å². The molecule has 0 bridgehead atoms. The second-order valence-electron chi connectivity index (χ2n) is 6.25. The van der Waals surface area contributed by atoms with Gasteiger partial charge in [-0.05, 0) is 44.8 Å². The third kappa shape index (κ3) is 3.49. The Bertz CT molecular complexity index is 859. The second kappa shape index (κ2) is 6.89. The normalized spacial score (nSPS) is 11.2. The summed E-state index contributed by atoms with van der Waals surface area (Å²) >= 11 is 0. The molecule has 0 saturated heterocycles. The molecule has 2 N–H and O–H groups in total. The van der Waals surface area contributed by atoms with E-state index in [1.807, 2.05) is 50.5 Å². The van der Waals surface area contributed by atoms with Crippen LogP contribution >= 0.6 is 0 Å². The Balaban J connectivity index is 1.94. The molecule has 4 heteroatoms. The van der Waals surface area contributed by atoms with Crippen molar-refractivity contribution in [2.24, 2.45) is 0 Å². The number of aromatic nitrogens is 1. The zero-order valence-corrected chi connectivity index (χ0v) is 14.4. The topological polar surface area (TPSA) is 51.4 Å². The number of likely N-dealkylation sites (N-methyl/N-ethyl adjacent to an activating group) is 1. The molecule has 3 rings (SSSR count). The van der Waals surface area contributed by atoms with Crippen molar-refractivity contribution in [2.45, 2.75) is 6.92 Å². The number of para-hydroxylation sites is 1. The minimum absolute atomic E-state index is 0.657. The fraction of sp³-hybridized carbons (Fsp3) is 0.250. The van der Waals surface area contributed by atoms with Gasteiger partial charge in [-0.2, -0.15) is 0 Å². The van der Waals surface area contributed by atoms with Crippen molar-refractivity contribution in [3.8, 4) is 17.0 Å². The van der Waals surface area contributed by atoms with E-state index in [4.69, 9.17) is 15.5 Å². The molecule has 2 aromatic carbocycles. The molecule has 0 aliphatic rings. The molecule has 0 unspecified atom stereocenters. The van der Waals surface area contributed by atoms with Crippen molar-refractivity contribution in [1.29, 1.82) is 0 Å². The summed E-state index contributed by atoms with van der Waals surface area (Å²) in [6.45, 7) is 3.59. The summed E-state index contributed by atoms with van der Waals surface area (Å²) in [6.07, 6.45) is 0. The summed E-state index contributed by atoms with van der Waals surface area (Å²) < 4.78 is 5.93. The highest BCUT2D eigenvalue weighted by Gasteiger charge is 2.08. The predicted octanol–water partition coefficient (Wildman–Crippen LogP) is 3.73. The van der Waals surface area contributed by atoms with E-state index >= 15 is 0 Å². The summed E-state index contributed by atoms with van der Waals surface area (Å²) in [5.74, 6) is 0.892. The van der Waals surface area contributed by atoms with Crippen molar-refractivity contribution in [1.82, 2.24) is 9.88 Å². The molecule has 0 aliphatic carbocycles. The van der Waals surface area contributed by atoms with Crippen LogP contribution in [0.1, 0.15) is 5.56 Å². The van der Waals surface area contributed by atoms with Gasteiger partial charge in [0, 0.05) is 23.2 Å². The maximum Gasteiger partial charge on any atom is 0.122 e. The van der Waals surface area contributed by atoms with Gasteiger partial charge in [0.25, 0.3) is 0 Å². The van der Waals surface area contributed by atoms with Crippen molar-refractivity contribution < 1.29 is 4.74 Å². The number of pyridine rings is 1. The number of benzene rings is 2. The fourth-order valence-corrected chi connectivity index (χ4v) is 2.60. The first-order valence-electron chi connectivity index (χ1n) is 8.08. The molecular formula is C20H23N3O. The summed E-state index contributed by atoms with van der Waals surface area (Å²) in [5.41, 5.74) is 10.8. The van der Waals surface area contributed by atoms with E-state index in [0.717, 1.165) is 45.7 Å². The summed E-state index contributed by atoms with van der Waals surface area (Å²) in [7, 11) is 4.07. The van der Waals surface area contributed by atoms with Crippen LogP contribution in [0, 0.1) is 6.92 Å². The van der Waals surface area contributed by atoms with Crippen LogP contribution in [0.4, 0.5) is 5.69 Å². The zero-order valence-electron chi connectivity index (χ0n) is 14.4. The number of ether oxygens (including phenoxy) is 1. The molecule has 0 amide bonds. The number of rotatable bonds is 5. The molecule has 1 heterocycles. The van der Waals surface area contributed by atoms with Crippen LogP contribution in [0.5, 0.6) is 5.75 Å². The Morgan fingerprint density at radius 3 is 2.67 bits per heavy atom. The Labute approximate surface area is 142 Å². The maximum absolute atomic E-state index is 6.20. The van der Waals surface area contributed by atoms with Crippen molar-refractivity contribution >= 4 is 16.6 Å². The van der Waals surface area contributed by atoms with Gasteiger partial charge < -0.3 is 15.4 Å². The van der Waals surface area contributed by atoms with Gasteiger partial charge in [-0.15, -0.1) is 0 Å². The van der Waals surface area contributed by atoms with E-state index in [2.05, 4.69) is 24.0 Å². The number of fused-ring (bicyclic) bond motifs is 1. The Morgan fingerprint density at radius 2 is 1.88 bits per heavy atom. The standard InChI is InChI=1S/C20H23N3O/c1-14-8-9-15(12-20(14)24-11-10-23(2)3)19-13-17(21)16-6-4-5-7-18(16)22-19/h4-9,12-13H,10-11H2,1-3H3,(H2,21,22). The molecule has 0 atom stereocenters. The van der Waals surface area contributed by atoms with E-state index in [-0.39, 0.29) is 0 Å². The number of hydrogen-bond acceptors (Lipinski definition) is 4. The first-order valence-corrected chi connectivity index (χ1v) is 8.08. The predicted molar refractivity (Wildman–Crippen MR) is 100 cm³/mol. The van der Waals surface area contributed by atoms with Crippen molar-refractivity contribution in [3.63, 3.8) is 0 Å². The van der Waals surface area contributed by atoms with Crippen LogP contribution in [-0.4, -0.2) is 37.1 Å². The molecule has 0 fully saturated rings. The van der Waals surface area contributed by atoms with E-state index in [0.29, 0.717) is 6.61 Å². The summed E-state index contributed by atoms with van der Waals surface area (Å²) in [4.78, 5) is 6.84. The quantitative estimate of drug-likeness (QED) is 0.778. The largest absolute Gasteiger partial charge is 0.492 e. The van der Waals surface area contributed by atoms with Gasteiger partial charge in [-0.25, -0.2) is 4.98 Å². The van der Waals surface area contributed by atoms with Gasteiger partial charge in [0.2, 0.25) is 0 Å².